The highest BCUT2D eigenvalue weighted by molar-refractivity contribution is 5.29. The third-order valence-corrected chi connectivity index (χ3v) is 3.98. The second-order valence-electron chi connectivity index (χ2n) is 5.48. The molecule has 1 aromatic carbocycles. The average Bonchev–Trinajstić information content (AvgIpc) is 2.42. The molecule has 0 amide bonds. The van der Waals surface area contributed by atoms with Crippen LogP contribution < -0.4 is 10.1 Å². The van der Waals surface area contributed by atoms with Gasteiger partial charge in [-0.3, -0.25) is 0 Å². The summed E-state index contributed by atoms with van der Waals surface area (Å²) in [5, 5.41) is 3.02. The fourth-order valence-corrected chi connectivity index (χ4v) is 2.85. The summed E-state index contributed by atoms with van der Waals surface area (Å²) < 4.78 is 19.8. The SMILES string of the molecule is CCC1CCCC(Oc2ccc(CNC)cc2F)C1. The van der Waals surface area contributed by atoms with Gasteiger partial charge in [0.25, 0.3) is 0 Å². The molecule has 2 unspecified atom stereocenters. The van der Waals surface area contributed by atoms with E-state index in [1.165, 1.54) is 19.3 Å². The van der Waals surface area contributed by atoms with Gasteiger partial charge in [-0.25, -0.2) is 4.39 Å². The number of benzene rings is 1. The number of halogens is 1. The van der Waals surface area contributed by atoms with Crippen LogP contribution in [0, 0.1) is 11.7 Å². The monoisotopic (exact) mass is 265 g/mol. The van der Waals surface area contributed by atoms with Gasteiger partial charge < -0.3 is 10.1 Å². The zero-order valence-corrected chi connectivity index (χ0v) is 11.9. The van der Waals surface area contributed by atoms with Crippen LogP contribution >= 0.6 is 0 Å². The number of rotatable bonds is 5. The molecule has 2 atom stereocenters. The average molecular weight is 265 g/mol. The van der Waals surface area contributed by atoms with Crippen LogP contribution in [0.1, 0.15) is 44.6 Å². The quantitative estimate of drug-likeness (QED) is 0.872. The largest absolute Gasteiger partial charge is 0.487 e. The first kappa shape index (κ1) is 14.3. The Morgan fingerprint density at radius 1 is 1.37 bits per heavy atom. The number of hydrogen-bond donors (Lipinski definition) is 1. The molecule has 0 aromatic heterocycles. The van der Waals surface area contributed by atoms with E-state index in [1.54, 1.807) is 12.1 Å². The van der Waals surface area contributed by atoms with Gasteiger partial charge in [-0.05, 0) is 49.9 Å². The van der Waals surface area contributed by atoms with Gasteiger partial charge in [-0.2, -0.15) is 0 Å². The summed E-state index contributed by atoms with van der Waals surface area (Å²) >= 11 is 0. The Morgan fingerprint density at radius 3 is 2.89 bits per heavy atom. The molecule has 3 heteroatoms. The van der Waals surface area contributed by atoms with Gasteiger partial charge in [0.1, 0.15) is 0 Å². The molecular weight excluding hydrogens is 241 g/mol. The van der Waals surface area contributed by atoms with Crippen LogP contribution in [0.5, 0.6) is 5.75 Å². The molecule has 1 saturated carbocycles. The highest BCUT2D eigenvalue weighted by Gasteiger charge is 2.22. The van der Waals surface area contributed by atoms with Gasteiger partial charge in [0.05, 0.1) is 6.10 Å². The molecule has 106 valence electrons. The highest BCUT2D eigenvalue weighted by Crippen LogP contribution is 2.30. The fraction of sp³-hybridized carbons (Fsp3) is 0.625. The molecule has 0 heterocycles. The Kier molecular flexibility index (Phi) is 5.20. The van der Waals surface area contributed by atoms with Crippen LogP contribution in [0.4, 0.5) is 4.39 Å². The third-order valence-electron chi connectivity index (χ3n) is 3.98. The van der Waals surface area contributed by atoms with Gasteiger partial charge in [0.2, 0.25) is 0 Å². The topological polar surface area (TPSA) is 21.3 Å². The molecule has 0 radical (unpaired) electrons. The number of ether oxygens (including phenoxy) is 1. The van der Waals surface area contributed by atoms with E-state index in [-0.39, 0.29) is 11.9 Å². The predicted molar refractivity (Wildman–Crippen MR) is 75.8 cm³/mol. The van der Waals surface area contributed by atoms with Crippen LogP contribution in [-0.4, -0.2) is 13.2 Å². The van der Waals surface area contributed by atoms with E-state index in [4.69, 9.17) is 4.74 Å². The molecule has 2 rings (SSSR count). The van der Waals surface area contributed by atoms with Crippen molar-refractivity contribution in [3.05, 3.63) is 29.6 Å². The maximum atomic E-state index is 14.0. The van der Waals surface area contributed by atoms with Crippen molar-refractivity contribution in [2.75, 3.05) is 7.05 Å². The lowest BCUT2D eigenvalue weighted by Crippen LogP contribution is -2.25. The Hall–Kier alpha value is -1.09. The molecule has 0 saturated heterocycles. The van der Waals surface area contributed by atoms with Crippen molar-refractivity contribution in [2.45, 2.75) is 51.7 Å². The first-order valence-corrected chi connectivity index (χ1v) is 7.32. The first-order chi connectivity index (χ1) is 9.22. The van der Waals surface area contributed by atoms with Crippen molar-refractivity contribution in [2.24, 2.45) is 5.92 Å². The molecule has 1 fully saturated rings. The maximum absolute atomic E-state index is 14.0. The molecule has 1 N–H and O–H groups in total. The van der Waals surface area contributed by atoms with E-state index < -0.39 is 0 Å². The van der Waals surface area contributed by atoms with E-state index in [2.05, 4.69) is 12.2 Å². The summed E-state index contributed by atoms with van der Waals surface area (Å²) in [4.78, 5) is 0. The van der Waals surface area contributed by atoms with E-state index in [0.717, 1.165) is 24.3 Å². The molecule has 0 aliphatic heterocycles. The van der Waals surface area contributed by atoms with Crippen LogP contribution in [0.15, 0.2) is 18.2 Å². The van der Waals surface area contributed by atoms with Crippen molar-refractivity contribution in [3.63, 3.8) is 0 Å². The van der Waals surface area contributed by atoms with Crippen molar-refractivity contribution >= 4 is 0 Å². The molecule has 2 nitrogen and oxygen atoms in total. The second-order valence-corrected chi connectivity index (χ2v) is 5.48. The lowest BCUT2D eigenvalue weighted by atomic mass is 9.85. The lowest BCUT2D eigenvalue weighted by Gasteiger charge is -2.29. The molecule has 1 aliphatic rings. The number of hydrogen-bond acceptors (Lipinski definition) is 2. The van der Waals surface area contributed by atoms with E-state index >= 15 is 0 Å². The minimum absolute atomic E-state index is 0.184. The second kappa shape index (κ2) is 6.90. The zero-order valence-electron chi connectivity index (χ0n) is 11.9. The van der Waals surface area contributed by atoms with Crippen molar-refractivity contribution in [3.8, 4) is 5.75 Å². The lowest BCUT2D eigenvalue weighted by molar-refractivity contribution is 0.117. The van der Waals surface area contributed by atoms with Crippen molar-refractivity contribution in [1.29, 1.82) is 0 Å². The van der Waals surface area contributed by atoms with E-state index in [9.17, 15) is 4.39 Å². The van der Waals surface area contributed by atoms with Crippen LogP contribution in [0.25, 0.3) is 0 Å². The Labute approximate surface area is 115 Å². The van der Waals surface area contributed by atoms with Crippen LogP contribution in [0.3, 0.4) is 0 Å². The van der Waals surface area contributed by atoms with Crippen LogP contribution in [0.2, 0.25) is 0 Å². The molecule has 1 aromatic rings. The van der Waals surface area contributed by atoms with Crippen molar-refractivity contribution < 1.29 is 9.13 Å². The van der Waals surface area contributed by atoms with E-state index in [0.29, 0.717) is 12.3 Å². The van der Waals surface area contributed by atoms with Gasteiger partial charge in [-0.1, -0.05) is 25.8 Å². The maximum Gasteiger partial charge on any atom is 0.165 e. The normalized spacial score (nSPS) is 23.3. The summed E-state index contributed by atoms with van der Waals surface area (Å²) in [5.74, 6) is 0.901. The standard InChI is InChI=1S/C16H24FNO/c1-3-12-5-4-6-14(9-12)19-16-8-7-13(11-18-2)10-15(16)17/h7-8,10,12,14,18H,3-6,9,11H2,1-2H3. The Morgan fingerprint density at radius 2 is 2.21 bits per heavy atom. The molecule has 0 bridgehead atoms. The molecular formula is C16H24FNO. The summed E-state index contributed by atoms with van der Waals surface area (Å²) in [7, 11) is 1.86. The van der Waals surface area contributed by atoms with Gasteiger partial charge >= 0.3 is 0 Å². The van der Waals surface area contributed by atoms with Gasteiger partial charge in [0.15, 0.2) is 11.6 Å². The van der Waals surface area contributed by atoms with Gasteiger partial charge in [0, 0.05) is 6.54 Å². The zero-order chi connectivity index (χ0) is 13.7. The fourth-order valence-electron chi connectivity index (χ4n) is 2.85. The Bertz CT molecular complexity index is 408. The van der Waals surface area contributed by atoms with Crippen molar-refractivity contribution in [1.82, 2.24) is 5.32 Å². The predicted octanol–water partition coefficient (Wildman–Crippen LogP) is 3.89. The highest BCUT2D eigenvalue weighted by atomic mass is 19.1. The summed E-state index contributed by atoms with van der Waals surface area (Å²) in [6.07, 6.45) is 5.98. The molecule has 0 spiro atoms. The molecule has 19 heavy (non-hydrogen) atoms. The molecule has 1 aliphatic carbocycles. The smallest absolute Gasteiger partial charge is 0.165 e. The van der Waals surface area contributed by atoms with Crippen LogP contribution in [-0.2, 0) is 6.54 Å². The van der Waals surface area contributed by atoms with Gasteiger partial charge in [-0.15, -0.1) is 0 Å². The first-order valence-electron chi connectivity index (χ1n) is 7.32. The minimum atomic E-state index is -0.244. The summed E-state index contributed by atoms with van der Waals surface area (Å²) in [5.41, 5.74) is 0.947. The minimum Gasteiger partial charge on any atom is -0.487 e. The summed E-state index contributed by atoms with van der Waals surface area (Å²) in [6, 6.07) is 5.25. The van der Waals surface area contributed by atoms with E-state index in [1.807, 2.05) is 13.1 Å². The summed E-state index contributed by atoms with van der Waals surface area (Å²) in [6.45, 7) is 2.90. The number of nitrogens with one attached hydrogen (secondary N) is 1. The third kappa shape index (κ3) is 3.93. The Balaban J connectivity index is 1.98.